The molecule has 186 valence electrons. The third kappa shape index (κ3) is 5.22. The molecule has 0 N–H and O–H groups in total. The topological polar surface area (TPSA) is 105 Å². The van der Waals surface area contributed by atoms with Crippen molar-refractivity contribution in [3.05, 3.63) is 41.7 Å². The Morgan fingerprint density at radius 1 is 1.03 bits per heavy atom. The van der Waals surface area contributed by atoms with Crippen molar-refractivity contribution in [2.75, 3.05) is 27.8 Å². The summed E-state index contributed by atoms with van der Waals surface area (Å²) in [6, 6.07) is 10.0. The molecule has 9 atom stereocenters. The van der Waals surface area contributed by atoms with Gasteiger partial charge < -0.3 is 0 Å². The van der Waals surface area contributed by atoms with Crippen molar-refractivity contribution >= 4 is 37.0 Å². The third-order valence-corrected chi connectivity index (χ3v) is 10.1. The Balaban J connectivity index is 0.00000289. The Morgan fingerprint density at radius 2 is 1.71 bits per heavy atom. The van der Waals surface area contributed by atoms with E-state index in [2.05, 4.69) is 12.1 Å². The van der Waals surface area contributed by atoms with E-state index >= 15 is 0 Å². The molecular formula is C23H26ClLiO9Se. The van der Waals surface area contributed by atoms with Gasteiger partial charge in [0.25, 0.3) is 0 Å². The zero-order valence-electron chi connectivity index (χ0n) is 19.7. The van der Waals surface area contributed by atoms with Gasteiger partial charge in [0.15, 0.2) is 0 Å². The predicted molar refractivity (Wildman–Crippen MR) is 117 cm³/mol. The quantitative estimate of drug-likeness (QED) is 0.127. The summed E-state index contributed by atoms with van der Waals surface area (Å²) < 4.78 is 40.3. The Labute approximate surface area is 227 Å². The third-order valence-electron chi connectivity index (χ3n) is 6.46. The molecule has 5 rings (SSSR count). The van der Waals surface area contributed by atoms with E-state index in [1.165, 1.54) is 18.7 Å². The van der Waals surface area contributed by atoms with Crippen LogP contribution < -0.4 is 28.4 Å². The van der Waals surface area contributed by atoms with E-state index in [-0.39, 0.29) is 64.4 Å². The smallest absolute Gasteiger partial charge is 1.00 e. The van der Waals surface area contributed by atoms with Crippen LogP contribution >= 0.6 is 11.6 Å². The zero-order chi connectivity index (χ0) is 23.8. The number of rotatable bonds is 10. The first-order valence-electron chi connectivity index (χ1n) is 11.0. The van der Waals surface area contributed by atoms with E-state index in [0.717, 1.165) is 0 Å². The zero-order valence-corrected chi connectivity index (χ0v) is 22.1. The van der Waals surface area contributed by atoms with E-state index in [0.29, 0.717) is 5.57 Å². The minimum absolute atomic E-state index is 0. The second-order valence-corrected chi connectivity index (χ2v) is 11.6. The second-order valence-electron chi connectivity index (χ2n) is 8.50. The molecule has 0 amide bonds. The fourth-order valence-electron chi connectivity index (χ4n) is 4.96. The molecule has 3 fully saturated rings. The summed E-state index contributed by atoms with van der Waals surface area (Å²) >= 11 is 6.65. The molecule has 1 aromatic rings. The van der Waals surface area contributed by atoms with E-state index in [4.69, 9.17) is 44.8 Å². The van der Waals surface area contributed by atoms with Gasteiger partial charge in [0, 0.05) is 0 Å². The molecule has 4 aliphatic rings. The van der Waals surface area contributed by atoms with Gasteiger partial charge in [-0.1, -0.05) is 0 Å². The number of ether oxygens (including phenoxy) is 7. The number of hydrogen-bond acceptors (Lipinski definition) is 9. The number of carbonyl (C=O) groups is 1. The van der Waals surface area contributed by atoms with Crippen molar-refractivity contribution in [1.82, 2.24) is 0 Å². The van der Waals surface area contributed by atoms with E-state index < -0.39 is 54.1 Å². The molecule has 0 spiro atoms. The number of methoxy groups -OCH3 is 2. The van der Waals surface area contributed by atoms with Gasteiger partial charge in [-0.15, -0.1) is 0 Å². The Morgan fingerprint density at radius 3 is 2.37 bits per heavy atom. The van der Waals surface area contributed by atoms with Crippen LogP contribution in [-0.4, -0.2) is 90.9 Å². The minimum atomic E-state index is -0.913. The summed E-state index contributed by atoms with van der Waals surface area (Å²) in [5.74, 6) is -1.33. The molecule has 0 aromatic heterocycles. The van der Waals surface area contributed by atoms with Gasteiger partial charge in [0.2, 0.25) is 0 Å². The average Bonchev–Trinajstić information content (AvgIpc) is 3.43. The fraction of sp³-hybridized carbons (Fsp3) is 0.609. The number of benzene rings is 1. The molecule has 3 saturated heterocycles. The Kier molecular flexibility index (Phi) is 9.28. The molecule has 4 heterocycles. The molecule has 0 aliphatic carbocycles. The van der Waals surface area contributed by atoms with Crippen molar-refractivity contribution in [2.24, 2.45) is 5.92 Å². The second kappa shape index (κ2) is 11.8. The summed E-state index contributed by atoms with van der Waals surface area (Å²) in [5, 5.41) is 12.7. The fourth-order valence-corrected chi connectivity index (χ4v) is 8.16. The van der Waals surface area contributed by atoms with Gasteiger partial charge in [0.1, 0.15) is 0 Å². The van der Waals surface area contributed by atoms with Gasteiger partial charge >= 0.3 is 228 Å². The maximum absolute atomic E-state index is 13.1. The summed E-state index contributed by atoms with van der Waals surface area (Å²) in [6.07, 6.45) is -3.83. The van der Waals surface area contributed by atoms with Crippen LogP contribution in [-0.2, 0) is 38.0 Å². The van der Waals surface area contributed by atoms with Gasteiger partial charge in [-0.2, -0.15) is 0 Å². The molecule has 4 bridgehead atoms. The van der Waals surface area contributed by atoms with Crippen LogP contribution in [0.3, 0.4) is 0 Å². The van der Waals surface area contributed by atoms with Crippen LogP contribution in [0, 0.1) is 5.92 Å². The SMILES string of the molecule is COCOC1C2OC(OC(=O)C2CC2=C([O-])C3OC2[C@H]([Se]c2ccccc2)C3Cl)[C@@H]1OCOC.[Li+]. The Bertz CT molecular complexity index is 922. The van der Waals surface area contributed by atoms with Crippen molar-refractivity contribution < 1.29 is 61.9 Å². The summed E-state index contributed by atoms with van der Waals surface area (Å²) in [4.78, 5) is 13.0. The summed E-state index contributed by atoms with van der Waals surface area (Å²) in [5.41, 5.74) is 0.570. The first kappa shape index (κ1) is 27.4. The number of hydrogen-bond donors (Lipinski definition) is 0. The Hall–Kier alpha value is -0.603. The number of fused-ring (bicyclic) bond motifs is 4. The van der Waals surface area contributed by atoms with Crippen LogP contribution in [0.25, 0.3) is 0 Å². The standard InChI is InChI=1S/C23H27ClO9Se.Li/c1-27-9-29-19-16-13(22(26)33-23(32-16)20(19)30-10-28-2)8-12-15(25)18-14(24)21(17(12)31-18)34-11-6-4-3-5-7-11;/h3-7,13-14,16-21,23,25H,8-10H2,1-2H3;/q;+1/p-1/t13?,14?,16?,17?,18?,19?,20-,21-,23?;/m1./s1. The van der Waals surface area contributed by atoms with Crippen molar-refractivity contribution in [3.8, 4) is 0 Å². The number of alkyl halides is 1. The molecule has 4 aliphatic heterocycles. The van der Waals surface area contributed by atoms with Crippen molar-refractivity contribution in [3.63, 3.8) is 0 Å². The van der Waals surface area contributed by atoms with Crippen molar-refractivity contribution in [2.45, 2.75) is 53.4 Å². The van der Waals surface area contributed by atoms with Crippen molar-refractivity contribution in [1.29, 1.82) is 0 Å². The average molecular weight is 568 g/mol. The van der Waals surface area contributed by atoms with E-state index in [1.807, 2.05) is 18.2 Å². The molecule has 12 heteroatoms. The van der Waals surface area contributed by atoms with E-state index in [9.17, 15) is 9.90 Å². The van der Waals surface area contributed by atoms with Crippen LogP contribution in [0.15, 0.2) is 41.7 Å². The van der Waals surface area contributed by atoms with Crippen LogP contribution in [0.5, 0.6) is 0 Å². The number of halogens is 1. The summed E-state index contributed by atoms with van der Waals surface area (Å²) in [6.45, 7) is -0.0238. The van der Waals surface area contributed by atoms with Gasteiger partial charge in [-0.25, -0.2) is 0 Å². The van der Waals surface area contributed by atoms with Crippen LogP contribution in [0.4, 0.5) is 0 Å². The first-order valence-corrected chi connectivity index (χ1v) is 13.3. The first-order chi connectivity index (χ1) is 16.5. The van der Waals surface area contributed by atoms with Crippen LogP contribution in [0.2, 0.25) is 4.82 Å². The predicted octanol–water partition coefficient (Wildman–Crippen LogP) is -2.92. The van der Waals surface area contributed by atoms with Crippen LogP contribution in [0.1, 0.15) is 6.42 Å². The minimum Gasteiger partial charge on any atom is 1.00 e. The van der Waals surface area contributed by atoms with Gasteiger partial charge in [0.05, 0.1) is 0 Å². The van der Waals surface area contributed by atoms with Gasteiger partial charge in [-0.3, -0.25) is 0 Å². The molecular weight excluding hydrogens is 542 g/mol. The normalized spacial score (nSPS) is 37.5. The monoisotopic (exact) mass is 568 g/mol. The summed E-state index contributed by atoms with van der Waals surface area (Å²) in [7, 11) is 3.00. The van der Waals surface area contributed by atoms with Gasteiger partial charge in [-0.05, 0) is 0 Å². The molecule has 0 radical (unpaired) electrons. The number of esters is 1. The molecule has 1 aromatic carbocycles. The van der Waals surface area contributed by atoms with E-state index in [1.54, 1.807) is 0 Å². The molecule has 7 unspecified atom stereocenters. The maximum atomic E-state index is 13.1. The number of carbonyl (C=O) groups excluding carboxylic acids is 1. The molecule has 35 heavy (non-hydrogen) atoms. The molecule has 0 saturated carbocycles. The molecule has 9 nitrogen and oxygen atoms in total.